The topological polar surface area (TPSA) is 111 Å². The number of methoxy groups -OCH3 is 1. The molecule has 1 spiro atoms. The monoisotopic (exact) mass is 488 g/mol. The first-order chi connectivity index (χ1) is 16.7. The van der Waals surface area contributed by atoms with Crippen molar-refractivity contribution in [3.05, 3.63) is 59.2 Å². The first-order valence-corrected chi connectivity index (χ1v) is 10.8. The lowest BCUT2D eigenvalue weighted by Gasteiger charge is -2.33. The lowest BCUT2D eigenvalue weighted by Crippen LogP contribution is -2.46. The van der Waals surface area contributed by atoms with Crippen LogP contribution in [0.3, 0.4) is 0 Å². The van der Waals surface area contributed by atoms with Crippen molar-refractivity contribution in [1.82, 2.24) is 10.2 Å². The standard InChI is InChI=1S/C24H22F2N2O7/c1-33-19-11-15(8-9-18(19)35-22(25)26)17(29)13-34-20(30)12-28-21(31)24(27-23(28)32)10-4-6-14-5-2-3-7-16(14)24/h2-3,5,7-9,11,22H,4,6,10,12-13H2,1H3,(H,27,32). The highest BCUT2D eigenvalue weighted by Crippen LogP contribution is 2.39. The van der Waals surface area contributed by atoms with Crippen LogP contribution in [-0.2, 0) is 26.3 Å². The van der Waals surface area contributed by atoms with Crippen molar-refractivity contribution < 1.29 is 42.2 Å². The number of rotatable bonds is 8. The van der Waals surface area contributed by atoms with Gasteiger partial charge < -0.3 is 19.5 Å². The van der Waals surface area contributed by atoms with Gasteiger partial charge in [-0.3, -0.25) is 19.3 Å². The number of fused-ring (bicyclic) bond motifs is 2. The lowest BCUT2D eigenvalue weighted by atomic mass is 9.76. The van der Waals surface area contributed by atoms with Crippen LogP contribution in [0.2, 0.25) is 0 Å². The molecule has 1 saturated heterocycles. The van der Waals surface area contributed by atoms with Crippen LogP contribution in [0, 0.1) is 0 Å². The molecule has 0 saturated carbocycles. The smallest absolute Gasteiger partial charge is 0.387 e. The van der Waals surface area contributed by atoms with E-state index in [1.54, 1.807) is 12.1 Å². The number of aryl methyl sites for hydroxylation is 1. The van der Waals surface area contributed by atoms with Crippen LogP contribution in [0.1, 0.15) is 34.3 Å². The fourth-order valence-electron chi connectivity index (χ4n) is 4.39. The Balaban J connectivity index is 1.39. The quantitative estimate of drug-likeness (QED) is 0.346. The third-order valence-electron chi connectivity index (χ3n) is 6.00. The van der Waals surface area contributed by atoms with Crippen LogP contribution in [0.4, 0.5) is 13.6 Å². The molecular formula is C24H22F2N2O7. The largest absolute Gasteiger partial charge is 0.493 e. The number of imide groups is 1. The number of carbonyl (C=O) groups excluding carboxylic acids is 4. The van der Waals surface area contributed by atoms with Gasteiger partial charge in [-0.05, 0) is 48.6 Å². The Hall–Kier alpha value is -4.02. The van der Waals surface area contributed by atoms with E-state index in [-0.39, 0.29) is 17.1 Å². The summed E-state index contributed by atoms with van der Waals surface area (Å²) >= 11 is 0. The summed E-state index contributed by atoms with van der Waals surface area (Å²) < 4.78 is 39.1. The number of alkyl halides is 2. The molecule has 35 heavy (non-hydrogen) atoms. The predicted molar refractivity (Wildman–Crippen MR) is 116 cm³/mol. The Bertz CT molecular complexity index is 1190. The predicted octanol–water partition coefficient (Wildman–Crippen LogP) is 2.81. The highest BCUT2D eigenvalue weighted by atomic mass is 19.3. The van der Waals surface area contributed by atoms with E-state index in [1.807, 2.05) is 12.1 Å². The van der Waals surface area contributed by atoms with Crippen LogP contribution in [0.15, 0.2) is 42.5 Å². The third kappa shape index (κ3) is 4.66. The number of carbonyl (C=O) groups is 4. The zero-order chi connectivity index (χ0) is 25.2. The molecule has 1 fully saturated rings. The van der Waals surface area contributed by atoms with Gasteiger partial charge in [0.15, 0.2) is 23.9 Å². The molecule has 9 nitrogen and oxygen atoms in total. The molecule has 0 bridgehead atoms. The van der Waals surface area contributed by atoms with Crippen molar-refractivity contribution in [2.75, 3.05) is 20.3 Å². The van der Waals surface area contributed by atoms with E-state index in [2.05, 4.69) is 10.1 Å². The fourth-order valence-corrected chi connectivity index (χ4v) is 4.39. The van der Waals surface area contributed by atoms with Crippen LogP contribution in [-0.4, -0.2) is 55.5 Å². The fraction of sp³-hybridized carbons (Fsp3) is 0.333. The molecule has 2 aromatic rings. The van der Waals surface area contributed by atoms with E-state index >= 15 is 0 Å². The van der Waals surface area contributed by atoms with Gasteiger partial charge in [0.05, 0.1) is 7.11 Å². The maximum Gasteiger partial charge on any atom is 0.387 e. The molecular weight excluding hydrogens is 466 g/mol. The van der Waals surface area contributed by atoms with E-state index in [1.165, 1.54) is 19.2 Å². The number of halogens is 2. The lowest BCUT2D eigenvalue weighted by molar-refractivity contribution is -0.147. The number of Topliss-reactive ketones (excluding diaryl/α,β-unsaturated/α-hetero) is 1. The summed E-state index contributed by atoms with van der Waals surface area (Å²) in [6.07, 6.45) is 1.89. The van der Waals surface area contributed by atoms with Gasteiger partial charge in [-0.15, -0.1) is 0 Å². The molecule has 1 aliphatic heterocycles. The second-order valence-corrected chi connectivity index (χ2v) is 8.07. The first kappa shape index (κ1) is 24.1. The van der Waals surface area contributed by atoms with Gasteiger partial charge in [0.2, 0.25) is 0 Å². The van der Waals surface area contributed by atoms with Gasteiger partial charge >= 0.3 is 18.6 Å². The molecule has 4 rings (SSSR count). The number of ether oxygens (including phenoxy) is 3. The SMILES string of the molecule is COc1cc(C(=O)COC(=O)CN2C(=O)NC3(CCCc4ccccc43)C2=O)ccc1OC(F)F. The summed E-state index contributed by atoms with van der Waals surface area (Å²) in [6, 6.07) is 10.2. The summed E-state index contributed by atoms with van der Waals surface area (Å²) in [5.41, 5.74) is 0.483. The number of hydrogen-bond donors (Lipinski definition) is 1. The zero-order valence-corrected chi connectivity index (χ0v) is 18.7. The average molecular weight is 488 g/mol. The molecule has 1 aliphatic carbocycles. The van der Waals surface area contributed by atoms with Crippen molar-refractivity contribution in [1.29, 1.82) is 0 Å². The summed E-state index contributed by atoms with van der Waals surface area (Å²) in [7, 11) is 1.22. The number of nitrogens with zero attached hydrogens (tertiary/aromatic N) is 1. The van der Waals surface area contributed by atoms with Gasteiger partial charge in [0.25, 0.3) is 5.91 Å². The maximum absolute atomic E-state index is 13.2. The van der Waals surface area contributed by atoms with Crippen molar-refractivity contribution in [3.8, 4) is 11.5 Å². The highest BCUT2D eigenvalue weighted by Gasteiger charge is 2.54. The van der Waals surface area contributed by atoms with Crippen molar-refractivity contribution >= 4 is 23.7 Å². The normalized spacial score (nSPS) is 18.9. The molecule has 3 amide bonds. The number of ketones is 1. The van der Waals surface area contributed by atoms with Gasteiger partial charge in [0.1, 0.15) is 12.1 Å². The van der Waals surface area contributed by atoms with Crippen LogP contribution >= 0.6 is 0 Å². The summed E-state index contributed by atoms with van der Waals surface area (Å²) in [5.74, 6) is -2.49. The molecule has 0 aromatic heterocycles. The van der Waals surface area contributed by atoms with E-state index in [9.17, 15) is 28.0 Å². The minimum atomic E-state index is -3.07. The molecule has 2 aliphatic rings. The second-order valence-electron chi connectivity index (χ2n) is 8.07. The van der Waals surface area contributed by atoms with Crippen molar-refractivity contribution in [2.24, 2.45) is 0 Å². The molecule has 11 heteroatoms. The average Bonchev–Trinajstić information content (AvgIpc) is 3.07. The number of benzene rings is 2. The zero-order valence-electron chi connectivity index (χ0n) is 18.7. The molecule has 184 valence electrons. The molecule has 1 heterocycles. The molecule has 1 atom stereocenters. The van der Waals surface area contributed by atoms with E-state index in [0.717, 1.165) is 23.0 Å². The number of hydrogen-bond acceptors (Lipinski definition) is 7. The molecule has 0 radical (unpaired) electrons. The Kier molecular flexibility index (Phi) is 6.68. The Morgan fingerprint density at radius 3 is 2.66 bits per heavy atom. The van der Waals surface area contributed by atoms with Gasteiger partial charge in [-0.2, -0.15) is 8.78 Å². The molecule has 2 aromatic carbocycles. The number of esters is 1. The summed E-state index contributed by atoms with van der Waals surface area (Å²) in [4.78, 5) is 51.4. The second kappa shape index (κ2) is 9.69. The summed E-state index contributed by atoms with van der Waals surface area (Å²) in [5, 5.41) is 2.74. The minimum absolute atomic E-state index is 0.0315. The highest BCUT2D eigenvalue weighted by molar-refractivity contribution is 6.09. The van der Waals surface area contributed by atoms with Crippen LogP contribution in [0.25, 0.3) is 0 Å². The third-order valence-corrected chi connectivity index (χ3v) is 6.00. The summed E-state index contributed by atoms with van der Waals surface area (Å²) in [6.45, 7) is -4.42. The van der Waals surface area contributed by atoms with Gasteiger partial charge in [-0.1, -0.05) is 24.3 Å². The van der Waals surface area contributed by atoms with Crippen molar-refractivity contribution in [3.63, 3.8) is 0 Å². The Morgan fingerprint density at radius 1 is 1.14 bits per heavy atom. The number of urea groups is 1. The Labute approximate surface area is 198 Å². The van der Waals surface area contributed by atoms with E-state index in [0.29, 0.717) is 18.4 Å². The van der Waals surface area contributed by atoms with Crippen molar-refractivity contribution in [2.45, 2.75) is 31.4 Å². The van der Waals surface area contributed by atoms with E-state index in [4.69, 9.17) is 9.47 Å². The molecule has 1 N–H and O–H groups in total. The Morgan fingerprint density at radius 2 is 1.91 bits per heavy atom. The van der Waals surface area contributed by atoms with Crippen LogP contribution in [0.5, 0.6) is 11.5 Å². The first-order valence-electron chi connectivity index (χ1n) is 10.8. The number of nitrogens with one attached hydrogen (secondary N) is 1. The van der Waals surface area contributed by atoms with E-state index < -0.39 is 49.0 Å². The minimum Gasteiger partial charge on any atom is -0.493 e. The maximum atomic E-state index is 13.2. The van der Waals surface area contributed by atoms with Gasteiger partial charge in [-0.25, -0.2) is 4.79 Å². The van der Waals surface area contributed by atoms with Crippen LogP contribution < -0.4 is 14.8 Å². The molecule has 1 unspecified atom stereocenters. The van der Waals surface area contributed by atoms with Gasteiger partial charge in [0, 0.05) is 5.56 Å². The number of amides is 3.